The van der Waals surface area contributed by atoms with Crippen LogP contribution in [-0.4, -0.2) is 24.5 Å². The van der Waals surface area contributed by atoms with Crippen LogP contribution < -0.4 is 4.74 Å². The minimum absolute atomic E-state index is 0.220. The lowest BCUT2D eigenvalue weighted by Crippen LogP contribution is -2.24. The first kappa shape index (κ1) is 15.4. The van der Waals surface area contributed by atoms with E-state index in [-0.39, 0.29) is 5.78 Å². The zero-order valence-corrected chi connectivity index (χ0v) is 12.3. The van der Waals surface area contributed by atoms with Gasteiger partial charge in [0.1, 0.15) is 11.6 Å². The Labute approximate surface area is 132 Å². The SMILES string of the molecule is O=C(c1ccc(F)cc1)c1ccc(OC(=O)[C@H]2CCCO2)cc1. The standard InChI is InChI=1S/C18H15FO4/c19-14-7-3-12(4-8-14)17(20)13-5-9-15(10-6-13)23-18(21)16-2-1-11-22-16/h3-10,16H,1-2,11H2/t16-/m1/s1. The van der Waals surface area contributed by atoms with Crippen LogP contribution in [0.1, 0.15) is 28.8 Å². The number of ketones is 1. The molecule has 3 rings (SSSR count). The van der Waals surface area contributed by atoms with E-state index in [1.165, 1.54) is 24.3 Å². The zero-order valence-electron chi connectivity index (χ0n) is 12.3. The summed E-state index contributed by atoms with van der Waals surface area (Å²) in [4.78, 5) is 24.1. The highest BCUT2D eigenvalue weighted by Gasteiger charge is 2.25. The van der Waals surface area contributed by atoms with Gasteiger partial charge in [0.05, 0.1) is 0 Å². The van der Waals surface area contributed by atoms with E-state index in [1.807, 2.05) is 0 Å². The van der Waals surface area contributed by atoms with Crippen LogP contribution in [0.25, 0.3) is 0 Å². The fourth-order valence-corrected chi connectivity index (χ4v) is 2.39. The number of halogens is 1. The maximum atomic E-state index is 12.9. The summed E-state index contributed by atoms with van der Waals surface area (Å²) in [6.45, 7) is 0.574. The number of esters is 1. The number of rotatable bonds is 4. The van der Waals surface area contributed by atoms with Crippen LogP contribution in [0.2, 0.25) is 0 Å². The average molecular weight is 314 g/mol. The first-order valence-electron chi connectivity index (χ1n) is 7.37. The van der Waals surface area contributed by atoms with Crippen LogP contribution in [0, 0.1) is 5.82 Å². The second kappa shape index (κ2) is 6.71. The second-order valence-corrected chi connectivity index (χ2v) is 5.28. The van der Waals surface area contributed by atoms with Crippen molar-refractivity contribution in [2.75, 3.05) is 6.61 Å². The third-order valence-corrected chi connectivity index (χ3v) is 3.63. The minimum Gasteiger partial charge on any atom is -0.425 e. The van der Waals surface area contributed by atoms with Crippen molar-refractivity contribution in [1.82, 2.24) is 0 Å². The Balaban J connectivity index is 1.67. The van der Waals surface area contributed by atoms with Gasteiger partial charge in [-0.3, -0.25) is 4.79 Å². The van der Waals surface area contributed by atoms with Gasteiger partial charge in [-0.2, -0.15) is 0 Å². The number of hydrogen-bond acceptors (Lipinski definition) is 4. The Bertz CT molecular complexity index is 701. The van der Waals surface area contributed by atoms with E-state index >= 15 is 0 Å². The van der Waals surface area contributed by atoms with Crippen LogP contribution in [0.4, 0.5) is 4.39 Å². The van der Waals surface area contributed by atoms with Gasteiger partial charge in [-0.25, -0.2) is 9.18 Å². The Hall–Kier alpha value is -2.53. The molecule has 0 radical (unpaired) electrons. The fourth-order valence-electron chi connectivity index (χ4n) is 2.39. The van der Waals surface area contributed by atoms with Crippen molar-refractivity contribution < 1.29 is 23.5 Å². The van der Waals surface area contributed by atoms with Crippen LogP contribution >= 0.6 is 0 Å². The van der Waals surface area contributed by atoms with Crippen molar-refractivity contribution in [3.8, 4) is 5.75 Å². The summed E-state index contributed by atoms with van der Waals surface area (Å²) in [7, 11) is 0. The highest BCUT2D eigenvalue weighted by Crippen LogP contribution is 2.19. The van der Waals surface area contributed by atoms with E-state index in [4.69, 9.17) is 9.47 Å². The highest BCUT2D eigenvalue weighted by molar-refractivity contribution is 6.09. The molecule has 0 saturated carbocycles. The van der Waals surface area contributed by atoms with Crippen LogP contribution in [0.15, 0.2) is 48.5 Å². The van der Waals surface area contributed by atoms with Gasteiger partial charge >= 0.3 is 5.97 Å². The summed E-state index contributed by atoms with van der Waals surface area (Å²) < 4.78 is 23.4. The first-order valence-corrected chi connectivity index (χ1v) is 7.37. The molecule has 23 heavy (non-hydrogen) atoms. The molecule has 0 aliphatic carbocycles. The molecule has 2 aromatic rings. The molecular formula is C18H15FO4. The topological polar surface area (TPSA) is 52.6 Å². The van der Waals surface area contributed by atoms with Crippen molar-refractivity contribution in [3.63, 3.8) is 0 Å². The van der Waals surface area contributed by atoms with Crippen molar-refractivity contribution in [2.24, 2.45) is 0 Å². The van der Waals surface area contributed by atoms with Gasteiger partial charge in [-0.05, 0) is 61.4 Å². The van der Waals surface area contributed by atoms with E-state index in [0.717, 1.165) is 6.42 Å². The molecule has 0 bridgehead atoms. The fraction of sp³-hybridized carbons (Fsp3) is 0.222. The third kappa shape index (κ3) is 3.63. The van der Waals surface area contributed by atoms with Crippen molar-refractivity contribution in [3.05, 3.63) is 65.5 Å². The van der Waals surface area contributed by atoms with E-state index in [2.05, 4.69) is 0 Å². The lowest BCUT2D eigenvalue weighted by atomic mass is 10.0. The van der Waals surface area contributed by atoms with Crippen LogP contribution in [0.3, 0.4) is 0 Å². The van der Waals surface area contributed by atoms with E-state index in [0.29, 0.717) is 29.9 Å². The molecule has 1 heterocycles. The number of hydrogen-bond donors (Lipinski definition) is 0. The molecule has 2 aromatic carbocycles. The number of benzene rings is 2. The Morgan fingerprint density at radius 1 is 1.00 bits per heavy atom. The van der Waals surface area contributed by atoms with Gasteiger partial charge in [0, 0.05) is 17.7 Å². The third-order valence-electron chi connectivity index (χ3n) is 3.63. The lowest BCUT2D eigenvalue weighted by molar-refractivity contribution is -0.144. The molecule has 4 nitrogen and oxygen atoms in total. The summed E-state index contributed by atoms with van der Waals surface area (Å²) in [6.07, 6.45) is 1.01. The van der Waals surface area contributed by atoms with Gasteiger partial charge in [0.15, 0.2) is 11.9 Å². The second-order valence-electron chi connectivity index (χ2n) is 5.28. The zero-order chi connectivity index (χ0) is 16.2. The highest BCUT2D eigenvalue weighted by atomic mass is 19.1. The van der Waals surface area contributed by atoms with Crippen molar-refractivity contribution in [1.29, 1.82) is 0 Å². The molecule has 1 aliphatic rings. The molecule has 1 atom stereocenters. The molecule has 1 saturated heterocycles. The average Bonchev–Trinajstić information content (AvgIpc) is 3.10. The predicted molar refractivity (Wildman–Crippen MR) is 80.9 cm³/mol. The monoisotopic (exact) mass is 314 g/mol. The number of carbonyl (C=O) groups excluding carboxylic acids is 2. The summed E-state index contributed by atoms with van der Waals surface area (Å²) in [5.74, 6) is -0.666. The lowest BCUT2D eigenvalue weighted by Gasteiger charge is -2.09. The maximum absolute atomic E-state index is 12.9. The molecular weight excluding hydrogens is 299 g/mol. The molecule has 118 valence electrons. The maximum Gasteiger partial charge on any atom is 0.340 e. The van der Waals surface area contributed by atoms with Gasteiger partial charge < -0.3 is 9.47 Å². The largest absolute Gasteiger partial charge is 0.425 e. The van der Waals surface area contributed by atoms with E-state index in [9.17, 15) is 14.0 Å². The van der Waals surface area contributed by atoms with Crippen LogP contribution in [0.5, 0.6) is 5.75 Å². The Morgan fingerprint density at radius 3 is 2.17 bits per heavy atom. The molecule has 0 unspecified atom stereocenters. The predicted octanol–water partition coefficient (Wildman–Crippen LogP) is 3.14. The minimum atomic E-state index is -0.504. The normalized spacial score (nSPS) is 17.0. The quantitative estimate of drug-likeness (QED) is 0.494. The molecule has 0 amide bonds. The molecule has 1 aliphatic heterocycles. The van der Waals surface area contributed by atoms with Gasteiger partial charge in [-0.15, -0.1) is 0 Å². The summed E-state index contributed by atoms with van der Waals surface area (Å²) in [5.41, 5.74) is 0.837. The smallest absolute Gasteiger partial charge is 0.340 e. The van der Waals surface area contributed by atoms with Crippen LogP contribution in [-0.2, 0) is 9.53 Å². The van der Waals surface area contributed by atoms with Crippen molar-refractivity contribution >= 4 is 11.8 Å². The first-order chi connectivity index (χ1) is 11.1. The molecule has 0 spiro atoms. The number of ether oxygens (including phenoxy) is 2. The summed E-state index contributed by atoms with van der Waals surface area (Å²) in [5, 5.41) is 0. The Kier molecular flexibility index (Phi) is 4.48. The molecule has 1 fully saturated rings. The van der Waals surface area contributed by atoms with Crippen molar-refractivity contribution in [2.45, 2.75) is 18.9 Å². The van der Waals surface area contributed by atoms with Gasteiger partial charge in [-0.1, -0.05) is 0 Å². The summed E-state index contributed by atoms with van der Waals surface area (Å²) >= 11 is 0. The number of carbonyl (C=O) groups is 2. The van der Waals surface area contributed by atoms with E-state index in [1.54, 1.807) is 24.3 Å². The Morgan fingerprint density at radius 2 is 1.61 bits per heavy atom. The molecule has 0 aromatic heterocycles. The van der Waals surface area contributed by atoms with E-state index < -0.39 is 17.9 Å². The van der Waals surface area contributed by atoms with Gasteiger partial charge in [0.2, 0.25) is 0 Å². The summed E-state index contributed by atoms with van der Waals surface area (Å²) in [6, 6.07) is 11.6. The van der Waals surface area contributed by atoms with Gasteiger partial charge in [0.25, 0.3) is 0 Å². The molecule has 5 heteroatoms. The molecule has 0 N–H and O–H groups in total.